The number of nitrogens with one attached hydrogen (secondary N) is 2. The molecule has 0 bridgehead atoms. The van der Waals surface area contributed by atoms with Gasteiger partial charge < -0.3 is 16.4 Å². The van der Waals surface area contributed by atoms with Crippen LogP contribution < -0.4 is 16.4 Å². The molecule has 4 aromatic rings. The number of carbonyl (C=O) groups excluding carboxylic acids is 1. The number of hydrogen-bond donors (Lipinski definition) is 3. The van der Waals surface area contributed by atoms with Crippen LogP contribution in [0.2, 0.25) is 0 Å². The van der Waals surface area contributed by atoms with Crippen molar-refractivity contribution in [1.82, 2.24) is 19.7 Å². The van der Waals surface area contributed by atoms with Gasteiger partial charge in [0.2, 0.25) is 5.95 Å². The summed E-state index contributed by atoms with van der Waals surface area (Å²) < 4.78 is 81.6. The van der Waals surface area contributed by atoms with E-state index in [1.165, 1.54) is 24.4 Å². The number of amides is 2. The number of carbonyl (C=O) groups is 1. The predicted octanol–water partition coefficient (Wildman–Crippen LogP) is 6.05. The molecule has 2 amide bonds. The number of alkyl halides is 5. The summed E-state index contributed by atoms with van der Waals surface area (Å²) in [7, 11) is 0. The van der Waals surface area contributed by atoms with Gasteiger partial charge in [0.15, 0.2) is 5.82 Å². The van der Waals surface area contributed by atoms with E-state index in [1.807, 2.05) is 6.92 Å². The number of anilines is 3. The third kappa shape index (κ3) is 5.23. The van der Waals surface area contributed by atoms with Crippen LogP contribution in [0.4, 0.5) is 48.5 Å². The Kier molecular flexibility index (Phi) is 6.98. The third-order valence-corrected chi connectivity index (χ3v) is 5.40. The highest BCUT2D eigenvalue weighted by Crippen LogP contribution is 2.44. The van der Waals surface area contributed by atoms with Crippen molar-refractivity contribution in [3.63, 3.8) is 0 Å². The van der Waals surface area contributed by atoms with E-state index >= 15 is 4.39 Å². The van der Waals surface area contributed by atoms with Crippen LogP contribution in [0.1, 0.15) is 12.5 Å². The zero-order valence-electron chi connectivity index (χ0n) is 19.5. The Balaban J connectivity index is 1.57. The van der Waals surface area contributed by atoms with E-state index in [2.05, 4.69) is 25.7 Å². The quantitative estimate of drug-likeness (QED) is 0.261. The summed E-state index contributed by atoms with van der Waals surface area (Å²) in [5.74, 6) is -5.86. The van der Waals surface area contributed by atoms with Crippen molar-refractivity contribution in [2.45, 2.75) is 25.6 Å². The molecule has 0 spiro atoms. The molecule has 0 saturated heterocycles. The molecule has 2 heterocycles. The largest absolute Gasteiger partial charge is 0.458 e. The molecule has 14 heteroatoms. The van der Waals surface area contributed by atoms with E-state index < -0.39 is 29.5 Å². The van der Waals surface area contributed by atoms with Gasteiger partial charge >= 0.3 is 18.1 Å². The first-order valence-electron chi connectivity index (χ1n) is 11.0. The fourth-order valence-corrected chi connectivity index (χ4v) is 3.52. The number of benzene rings is 2. The topological polar surface area (TPSA) is 111 Å². The average molecular weight is 535 g/mol. The maximum atomic E-state index is 15.5. The van der Waals surface area contributed by atoms with Gasteiger partial charge in [-0.05, 0) is 31.2 Å². The Hall–Kier alpha value is -4.62. The Labute approximate surface area is 211 Å². The molecule has 0 unspecified atom stereocenters. The molecule has 2 aromatic heterocycles. The molecule has 0 aliphatic carbocycles. The number of nitrogens with zero attached hydrogens (tertiary/aromatic N) is 4. The minimum absolute atomic E-state index is 0.00205. The highest BCUT2D eigenvalue weighted by atomic mass is 19.4. The van der Waals surface area contributed by atoms with Gasteiger partial charge in [0.05, 0.1) is 11.4 Å². The number of hydrogen-bond acceptors (Lipinski definition) is 5. The maximum Gasteiger partial charge on any atom is 0.458 e. The SMILES string of the molecule is CCn1cc(-c2cccc(NC(=O)Nc3ccc(C(F)(F)C(F)(F)F)cc3)c2F)c(-c2ccnc(N)n2)n1. The number of nitrogens with two attached hydrogens (primary N) is 1. The maximum absolute atomic E-state index is 15.5. The highest BCUT2D eigenvalue weighted by molar-refractivity contribution is 6.00. The minimum Gasteiger partial charge on any atom is -0.368 e. The lowest BCUT2D eigenvalue weighted by Crippen LogP contribution is -2.33. The van der Waals surface area contributed by atoms with Crippen LogP contribution in [-0.2, 0) is 12.5 Å². The molecule has 2 aromatic carbocycles. The van der Waals surface area contributed by atoms with E-state index in [-0.39, 0.29) is 22.9 Å². The fourth-order valence-electron chi connectivity index (χ4n) is 3.52. The summed E-state index contributed by atoms with van der Waals surface area (Å²) >= 11 is 0. The molecule has 198 valence electrons. The number of aryl methyl sites for hydroxylation is 1. The third-order valence-electron chi connectivity index (χ3n) is 5.40. The fraction of sp³-hybridized carbons (Fsp3) is 0.167. The second-order valence-electron chi connectivity index (χ2n) is 7.94. The van der Waals surface area contributed by atoms with Crippen LogP contribution in [-0.4, -0.2) is 32.0 Å². The normalized spacial score (nSPS) is 11.9. The lowest BCUT2D eigenvalue weighted by Gasteiger charge is -2.20. The second-order valence-corrected chi connectivity index (χ2v) is 7.94. The van der Waals surface area contributed by atoms with Crippen molar-refractivity contribution in [2.24, 2.45) is 0 Å². The van der Waals surface area contributed by atoms with Crippen LogP contribution in [0.15, 0.2) is 60.9 Å². The van der Waals surface area contributed by atoms with Crippen LogP contribution in [0.25, 0.3) is 22.5 Å². The molecule has 0 radical (unpaired) electrons. The van der Waals surface area contributed by atoms with Crippen LogP contribution in [0.5, 0.6) is 0 Å². The molecule has 0 aliphatic heterocycles. The number of halogens is 6. The van der Waals surface area contributed by atoms with Gasteiger partial charge in [-0.2, -0.15) is 27.1 Å². The number of rotatable bonds is 6. The number of aromatic nitrogens is 4. The van der Waals surface area contributed by atoms with E-state index in [0.29, 0.717) is 35.6 Å². The second kappa shape index (κ2) is 10.0. The first-order chi connectivity index (χ1) is 17.9. The highest BCUT2D eigenvalue weighted by Gasteiger charge is 2.58. The number of nitrogen functional groups attached to an aromatic ring is 1. The van der Waals surface area contributed by atoms with E-state index in [1.54, 1.807) is 16.9 Å². The summed E-state index contributed by atoms with van der Waals surface area (Å²) in [5.41, 5.74) is 5.22. The summed E-state index contributed by atoms with van der Waals surface area (Å²) in [5, 5.41) is 8.99. The van der Waals surface area contributed by atoms with Gasteiger partial charge in [-0.15, -0.1) is 0 Å². The lowest BCUT2D eigenvalue weighted by molar-refractivity contribution is -0.289. The zero-order chi connectivity index (χ0) is 27.7. The van der Waals surface area contributed by atoms with E-state index in [9.17, 15) is 26.7 Å². The standard InChI is InChI=1S/C24H19F6N7O/c1-2-37-12-16(20(36-37)18-10-11-32-21(31)34-18)15-4-3-5-17(19(15)25)35-22(38)33-14-8-6-13(7-9-14)23(26,27)24(28,29)30/h3-12H,2H2,1H3,(H2,31,32,34)(H2,33,35,38). The molecule has 0 saturated carbocycles. The van der Waals surface area contributed by atoms with Gasteiger partial charge in [0.1, 0.15) is 5.69 Å². The summed E-state index contributed by atoms with van der Waals surface area (Å²) in [4.78, 5) is 20.4. The van der Waals surface area contributed by atoms with E-state index in [0.717, 1.165) is 12.1 Å². The van der Waals surface area contributed by atoms with E-state index in [4.69, 9.17) is 5.73 Å². The molecule has 8 nitrogen and oxygen atoms in total. The van der Waals surface area contributed by atoms with Crippen molar-refractivity contribution in [3.05, 3.63) is 72.3 Å². The molecule has 4 N–H and O–H groups in total. The number of urea groups is 1. The van der Waals surface area contributed by atoms with Crippen LogP contribution in [0, 0.1) is 5.82 Å². The average Bonchev–Trinajstić information content (AvgIpc) is 3.29. The first-order valence-corrected chi connectivity index (χ1v) is 11.0. The molecule has 0 atom stereocenters. The molecule has 4 rings (SSSR count). The van der Waals surface area contributed by atoms with Gasteiger partial charge in [-0.1, -0.05) is 24.3 Å². The Morgan fingerprint density at radius 1 is 1.00 bits per heavy atom. The monoisotopic (exact) mass is 535 g/mol. The summed E-state index contributed by atoms with van der Waals surface area (Å²) in [6.45, 7) is 2.31. The Morgan fingerprint density at radius 3 is 2.34 bits per heavy atom. The lowest BCUT2D eigenvalue weighted by atomic mass is 10.0. The Morgan fingerprint density at radius 2 is 1.71 bits per heavy atom. The van der Waals surface area contributed by atoms with Crippen molar-refractivity contribution in [2.75, 3.05) is 16.4 Å². The van der Waals surface area contributed by atoms with Crippen LogP contribution in [0.3, 0.4) is 0 Å². The van der Waals surface area contributed by atoms with Gasteiger partial charge in [0.25, 0.3) is 0 Å². The predicted molar refractivity (Wildman–Crippen MR) is 128 cm³/mol. The summed E-state index contributed by atoms with van der Waals surface area (Å²) in [6.07, 6.45) is -2.73. The molecular weight excluding hydrogens is 516 g/mol. The molecular formula is C24H19F6N7O. The smallest absolute Gasteiger partial charge is 0.368 e. The van der Waals surface area contributed by atoms with Crippen molar-refractivity contribution < 1.29 is 31.1 Å². The van der Waals surface area contributed by atoms with Gasteiger partial charge in [-0.3, -0.25) is 4.68 Å². The van der Waals surface area contributed by atoms with Crippen molar-refractivity contribution in [1.29, 1.82) is 0 Å². The van der Waals surface area contributed by atoms with Gasteiger partial charge in [-0.25, -0.2) is 19.2 Å². The molecule has 0 fully saturated rings. The molecule has 0 aliphatic rings. The van der Waals surface area contributed by atoms with Gasteiger partial charge in [0, 0.05) is 41.3 Å². The minimum atomic E-state index is -5.77. The Bertz CT molecular complexity index is 1470. The summed E-state index contributed by atoms with van der Waals surface area (Å²) in [6, 6.07) is 7.69. The van der Waals surface area contributed by atoms with Crippen molar-refractivity contribution in [3.8, 4) is 22.5 Å². The van der Waals surface area contributed by atoms with Crippen molar-refractivity contribution >= 4 is 23.4 Å². The van der Waals surface area contributed by atoms with Crippen LogP contribution >= 0.6 is 0 Å². The molecule has 38 heavy (non-hydrogen) atoms. The first kappa shape index (κ1) is 26.4. The zero-order valence-corrected chi connectivity index (χ0v) is 19.5.